The van der Waals surface area contributed by atoms with Gasteiger partial charge in [0.25, 0.3) is 0 Å². The van der Waals surface area contributed by atoms with Gasteiger partial charge in [0.05, 0.1) is 0 Å². The number of hydrogen-bond donors (Lipinski definition) is 0. The minimum absolute atomic E-state index is 0.830. The monoisotopic (exact) mass is 320 g/mol. The van der Waals surface area contributed by atoms with Crippen LogP contribution < -0.4 is 15.9 Å². The van der Waals surface area contributed by atoms with Crippen molar-refractivity contribution >= 4 is 22.7 Å². The van der Waals surface area contributed by atoms with Crippen LogP contribution in [0.25, 0.3) is 0 Å². The van der Waals surface area contributed by atoms with Gasteiger partial charge in [-0.1, -0.05) is 0 Å². The molecule has 0 aliphatic carbocycles. The first-order chi connectivity index (χ1) is 11.4. The maximum absolute atomic E-state index is 6.82. The van der Waals surface area contributed by atoms with Gasteiger partial charge in [-0.15, -0.1) is 0 Å². The van der Waals surface area contributed by atoms with Crippen LogP contribution in [0.1, 0.15) is 6.42 Å². The van der Waals surface area contributed by atoms with E-state index in [9.17, 15) is 0 Å². The van der Waals surface area contributed by atoms with Gasteiger partial charge in [0.2, 0.25) is 0 Å². The average Bonchev–Trinajstić information content (AvgIpc) is 3.12. The van der Waals surface area contributed by atoms with Crippen LogP contribution in [-0.4, -0.2) is 12.8 Å². The summed E-state index contributed by atoms with van der Waals surface area (Å²) in [5.41, 5.74) is 0. The van der Waals surface area contributed by atoms with E-state index in [0.717, 1.165) is 19.2 Å². The SMILES string of the molecule is c1ccc(P2(c3ccccc3)(c3ccccc3)CCCO2)cc1. The van der Waals surface area contributed by atoms with E-state index in [1.54, 1.807) is 0 Å². The van der Waals surface area contributed by atoms with Gasteiger partial charge in [-0.05, 0) is 0 Å². The minimum atomic E-state index is -2.81. The van der Waals surface area contributed by atoms with Crippen LogP contribution in [0, 0.1) is 0 Å². The molecule has 3 aromatic carbocycles. The van der Waals surface area contributed by atoms with E-state index in [2.05, 4.69) is 91.0 Å². The molecule has 0 radical (unpaired) electrons. The molecule has 1 fully saturated rings. The van der Waals surface area contributed by atoms with Gasteiger partial charge in [0.15, 0.2) is 0 Å². The fraction of sp³-hybridized carbons (Fsp3) is 0.143. The van der Waals surface area contributed by atoms with Gasteiger partial charge in [-0.3, -0.25) is 0 Å². The van der Waals surface area contributed by atoms with E-state index in [4.69, 9.17) is 4.52 Å². The van der Waals surface area contributed by atoms with E-state index in [0.29, 0.717) is 0 Å². The Balaban J connectivity index is 2.12. The molecular formula is C21H21OP. The predicted octanol–water partition coefficient (Wildman–Crippen LogP) is 3.85. The third-order valence-corrected chi connectivity index (χ3v) is 11.1. The van der Waals surface area contributed by atoms with Gasteiger partial charge in [-0.25, -0.2) is 0 Å². The second-order valence-corrected chi connectivity index (χ2v) is 10.8. The molecule has 0 bridgehead atoms. The number of rotatable bonds is 3. The number of benzene rings is 3. The Bertz CT molecular complexity index is 674. The summed E-state index contributed by atoms with van der Waals surface area (Å²) < 4.78 is 6.82. The fourth-order valence-electron chi connectivity index (χ4n) is 3.98. The van der Waals surface area contributed by atoms with Crippen LogP contribution in [0.2, 0.25) is 0 Å². The second-order valence-electron chi connectivity index (χ2n) is 6.13. The van der Waals surface area contributed by atoms with Crippen molar-refractivity contribution < 1.29 is 4.52 Å². The van der Waals surface area contributed by atoms with Crippen molar-refractivity contribution in [2.24, 2.45) is 0 Å². The Morgan fingerprint density at radius 2 is 0.957 bits per heavy atom. The standard InChI is InChI=1S/C21H21OP/c1-4-11-19(12-5-1)23(18-10-17-22-23,20-13-6-2-7-14-20)21-15-8-3-9-16-21/h1-9,11-16H,10,17-18H2. The first-order valence-corrected chi connectivity index (χ1v) is 10.5. The third-order valence-electron chi connectivity index (χ3n) is 5.01. The second kappa shape index (κ2) is 5.60. The summed E-state index contributed by atoms with van der Waals surface area (Å²) in [7, 11) is 0. The molecule has 1 nitrogen and oxygen atoms in total. The van der Waals surface area contributed by atoms with E-state index in [1.807, 2.05) is 0 Å². The van der Waals surface area contributed by atoms with E-state index >= 15 is 0 Å². The molecule has 0 atom stereocenters. The van der Waals surface area contributed by atoms with Gasteiger partial charge < -0.3 is 0 Å². The molecule has 0 N–H and O–H groups in total. The molecule has 0 spiro atoms. The summed E-state index contributed by atoms with van der Waals surface area (Å²) in [5.74, 6) is 0. The molecule has 4 rings (SSSR count). The van der Waals surface area contributed by atoms with Gasteiger partial charge >= 0.3 is 137 Å². The molecular weight excluding hydrogens is 299 g/mol. The van der Waals surface area contributed by atoms with E-state index in [1.165, 1.54) is 15.9 Å². The Morgan fingerprint density at radius 1 is 0.565 bits per heavy atom. The molecule has 1 aliphatic heterocycles. The molecule has 2 heteroatoms. The van der Waals surface area contributed by atoms with E-state index in [-0.39, 0.29) is 0 Å². The Kier molecular flexibility index (Phi) is 3.56. The topological polar surface area (TPSA) is 9.23 Å². The Morgan fingerprint density at radius 3 is 1.26 bits per heavy atom. The average molecular weight is 320 g/mol. The quantitative estimate of drug-likeness (QED) is 0.666. The zero-order valence-electron chi connectivity index (χ0n) is 13.1. The molecule has 3 aromatic rings. The first kappa shape index (κ1) is 14.6. The molecule has 116 valence electrons. The van der Waals surface area contributed by atoms with Gasteiger partial charge in [0.1, 0.15) is 0 Å². The van der Waals surface area contributed by atoms with Crippen LogP contribution in [0.4, 0.5) is 0 Å². The van der Waals surface area contributed by atoms with Crippen LogP contribution in [0.5, 0.6) is 0 Å². The molecule has 1 saturated heterocycles. The molecule has 0 saturated carbocycles. The van der Waals surface area contributed by atoms with Crippen molar-refractivity contribution in [1.29, 1.82) is 0 Å². The van der Waals surface area contributed by atoms with Crippen LogP contribution in [0.3, 0.4) is 0 Å². The van der Waals surface area contributed by atoms with Crippen molar-refractivity contribution in [3.8, 4) is 0 Å². The maximum atomic E-state index is 6.82. The van der Waals surface area contributed by atoms with Crippen LogP contribution in [0.15, 0.2) is 91.0 Å². The summed E-state index contributed by atoms with van der Waals surface area (Å²) >= 11 is 0. The van der Waals surface area contributed by atoms with Crippen molar-refractivity contribution in [3.05, 3.63) is 91.0 Å². The van der Waals surface area contributed by atoms with Crippen molar-refractivity contribution in [3.63, 3.8) is 0 Å². The van der Waals surface area contributed by atoms with Crippen LogP contribution in [-0.2, 0) is 4.52 Å². The molecule has 1 heterocycles. The molecule has 0 aromatic heterocycles. The summed E-state index contributed by atoms with van der Waals surface area (Å²) in [6.07, 6.45) is 2.19. The number of hydrogen-bond acceptors (Lipinski definition) is 1. The summed E-state index contributed by atoms with van der Waals surface area (Å²) in [6, 6.07) is 32.6. The molecule has 0 unspecified atom stereocenters. The first-order valence-electron chi connectivity index (χ1n) is 8.19. The predicted molar refractivity (Wildman–Crippen MR) is 101 cm³/mol. The molecule has 23 heavy (non-hydrogen) atoms. The summed E-state index contributed by atoms with van der Waals surface area (Å²) in [5, 5.41) is 4.02. The fourth-order valence-corrected chi connectivity index (χ4v) is 9.90. The summed E-state index contributed by atoms with van der Waals surface area (Å²) in [6.45, 7) is -1.98. The van der Waals surface area contributed by atoms with Crippen molar-refractivity contribution in [2.75, 3.05) is 12.8 Å². The van der Waals surface area contributed by atoms with E-state index < -0.39 is 6.83 Å². The summed E-state index contributed by atoms with van der Waals surface area (Å²) in [4.78, 5) is 0. The van der Waals surface area contributed by atoms with Crippen LogP contribution >= 0.6 is 6.83 Å². The van der Waals surface area contributed by atoms with Gasteiger partial charge in [-0.2, -0.15) is 0 Å². The Hall–Kier alpha value is -1.95. The zero-order valence-corrected chi connectivity index (χ0v) is 14.0. The van der Waals surface area contributed by atoms with Crippen molar-refractivity contribution in [2.45, 2.75) is 6.42 Å². The van der Waals surface area contributed by atoms with Gasteiger partial charge in [0, 0.05) is 0 Å². The zero-order chi connectivity index (χ0) is 15.6. The molecule has 0 amide bonds. The Labute approximate surface area is 138 Å². The molecule has 1 aliphatic rings. The third kappa shape index (κ3) is 2.01. The normalized spacial score (nSPS) is 20.4. The van der Waals surface area contributed by atoms with Crippen molar-refractivity contribution in [1.82, 2.24) is 0 Å².